The Morgan fingerprint density at radius 3 is 2.95 bits per heavy atom. The van der Waals surface area contributed by atoms with Crippen LogP contribution in [-0.2, 0) is 16.6 Å². The normalized spacial score (nSPS) is 26.6. The van der Waals surface area contributed by atoms with Gasteiger partial charge in [0.2, 0.25) is 0 Å². The van der Waals surface area contributed by atoms with Gasteiger partial charge in [-0.25, -0.2) is 0 Å². The molecule has 2 atom stereocenters. The van der Waals surface area contributed by atoms with Gasteiger partial charge in [0.1, 0.15) is 11.9 Å². The highest BCUT2D eigenvalue weighted by atomic mass is 16.5. The van der Waals surface area contributed by atoms with E-state index in [1.54, 1.807) is 6.08 Å². The van der Waals surface area contributed by atoms with Crippen molar-refractivity contribution in [3.8, 4) is 5.75 Å². The van der Waals surface area contributed by atoms with Gasteiger partial charge in [-0.2, -0.15) is 0 Å². The van der Waals surface area contributed by atoms with Crippen molar-refractivity contribution in [2.45, 2.75) is 30.8 Å². The van der Waals surface area contributed by atoms with Gasteiger partial charge in [-0.1, -0.05) is 30.4 Å². The summed E-state index contributed by atoms with van der Waals surface area (Å²) in [5.41, 5.74) is 2.16. The lowest BCUT2D eigenvalue weighted by Crippen LogP contribution is -2.40. The molecule has 1 aliphatic carbocycles. The van der Waals surface area contributed by atoms with Crippen LogP contribution in [0.25, 0.3) is 0 Å². The lowest BCUT2D eigenvalue weighted by molar-refractivity contribution is -0.117. The van der Waals surface area contributed by atoms with Crippen molar-refractivity contribution in [1.82, 2.24) is 0 Å². The molecule has 0 N–H and O–H groups in total. The molecule has 20 heavy (non-hydrogen) atoms. The number of rotatable bonds is 4. The molecule has 0 bridgehead atoms. The molecule has 0 fully saturated rings. The standard InChI is InChI=1S/C18H18O2/c1-3-5-13-6-7-16-15(11-13)18(9-4-2)10-8-14(19)12-17(18)20-16/h3-4,6-8,10-11,17H,1-2,5,9,12H2/t17-,18-/m1/s1. The fraction of sp³-hybridized carbons (Fsp3) is 0.278. The molecule has 2 heteroatoms. The van der Waals surface area contributed by atoms with Crippen molar-refractivity contribution in [2.24, 2.45) is 0 Å². The maximum Gasteiger partial charge on any atom is 0.159 e. The van der Waals surface area contributed by atoms with E-state index in [4.69, 9.17) is 4.74 Å². The van der Waals surface area contributed by atoms with Gasteiger partial charge in [0.15, 0.2) is 5.78 Å². The topological polar surface area (TPSA) is 26.3 Å². The van der Waals surface area contributed by atoms with E-state index in [2.05, 4.69) is 25.3 Å². The van der Waals surface area contributed by atoms with Gasteiger partial charge in [-0.15, -0.1) is 13.2 Å². The van der Waals surface area contributed by atoms with Crippen molar-refractivity contribution in [3.63, 3.8) is 0 Å². The molecule has 2 nitrogen and oxygen atoms in total. The van der Waals surface area contributed by atoms with E-state index in [-0.39, 0.29) is 17.3 Å². The van der Waals surface area contributed by atoms with Crippen LogP contribution in [0.5, 0.6) is 5.75 Å². The fourth-order valence-electron chi connectivity index (χ4n) is 3.23. The minimum atomic E-state index is -0.234. The van der Waals surface area contributed by atoms with Gasteiger partial charge in [0, 0.05) is 12.0 Å². The van der Waals surface area contributed by atoms with Crippen LogP contribution < -0.4 is 4.74 Å². The second kappa shape index (κ2) is 4.78. The molecule has 102 valence electrons. The number of ketones is 1. The molecule has 2 aliphatic rings. The summed E-state index contributed by atoms with van der Waals surface area (Å²) >= 11 is 0. The summed E-state index contributed by atoms with van der Waals surface area (Å²) in [6.45, 7) is 7.66. The molecule has 3 rings (SSSR count). The number of hydrogen-bond donors (Lipinski definition) is 0. The van der Waals surface area contributed by atoms with Crippen LogP contribution >= 0.6 is 0 Å². The van der Waals surface area contributed by atoms with Gasteiger partial charge in [-0.05, 0) is 30.5 Å². The quantitative estimate of drug-likeness (QED) is 0.779. The molecular weight excluding hydrogens is 248 g/mol. The van der Waals surface area contributed by atoms with E-state index in [0.29, 0.717) is 6.42 Å². The number of hydrogen-bond acceptors (Lipinski definition) is 2. The summed E-state index contributed by atoms with van der Waals surface area (Å²) in [7, 11) is 0. The lowest BCUT2D eigenvalue weighted by atomic mass is 9.70. The van der Waals surface area contributed by atoms with Crippen molar-refractivity contribution in [3.05, 3.63) is 66.8 Å². The molecule has 0 unspecified atom stereocenters. The van der Waals surface area contributed by atoms with E-state index in [1.165, 1.54) is 11.1 Å². The van der Waals surface area contributed by atoms with E-state index >= 15 is 0 Å². The molecule has 1 aromatic carbocycles. The first-order valence-corrected chi connectivity index (χ1v) is 6.93. The Morgan fingerprint density at radius 1 is 1.35 bits per heavy atom. The first-order chi connectivity index (χ1) is 9.69. The maximum absolute atomic E-state index is 11.7. The van der Waals surface area contributed by atoms with Crippen LogP contribution in [0.4, 0.5) is 0 Å². The highest BCUT2D eigenvalue weighted by Crippen LogP contribution is 2.49. The molecule has 0 saturated heterocycles. The monoisotopic (exact) mass is 266 g/mol. The zero-order valence-corrected chi connectivity index (χ0v) is 11.5. The number of allylic oxidation sites excluding steroid dienone is 3. The molecule has 0 radical (unpaired) electrons. The van der Waals surface area contributed by atoms with Gasteiger partial charge >= 0.3 is 0 Å². The molecule has 1 aliphatic heterocycles. The van der Waals surface area contributed by atoms with E-state index in [0.717, 1.165) is 18.6 Å². The predicted molar refractivity (Wildman–Crippen MR) is 80.0 cm³/mol. The summed E-state index contributed by atoms with van der Waals surface area (Å²) in [6.07, 6.45) is 9.47. The number of carbonyl (C=O) groups is 1. The molecular formula is C18H18O2. The van der Waals surface area contributed by atoms with Crippen molar-refractivity contribution in [2.75, 3.05) is 0 Å². The average molecular weight is 266 g/mol. The Morgan fingerprint density at radius 2 is 2.20 bits per heavy atom. The average Bonchev–Trinajstić information content (AvgIpc) is 2.73. The minimum Gasteiger partial charge on any atom is -0.488 e. The Balaban J connectivity index is 2.12. The van der Waals surface area contributed by atoms with Crippen LogP contribution in [0.15, 0.2) is 55.7 Å². The Bertz CT molecular complexity index is 612. The van der Waals surface area contributed by atoms with E-state index in [9.17, 15) is 4.79 Å². The largest absolute Gasteiger partial charge is 0.488 e. The maximum atomic E-state index is 11.7. The van der Waals surface area contributed by atoms with Gasteiger partial charge in [0.05, 0.1) is 5.41 Å². The summed E-state index contributed by atoms with van der Waals surface area (Å²) in [5, 5.41) is 0. The van der Waals surface area contributed by atoms with Crippen LogP contribution in [0.3, 0.4) is 0 Å². The number of fused-ring (bicyclic) bond motifs is 3. The van der Waals surface area contributed by atoms with Crippen LogP contribution in [-0.4, -0.2) is 11.9 Å². The number of carbonyl (C=O) groups excluding carboxylic acids is 1. The van der Waals surface area contributed by atoms with Crippen LogP contribution in [0.2, 0.25) is 0 Å². The highest BCUT2D eigenvalue weighted by molar-refractivity contribution is 5.92. The zero-order valence-electron chi connectivity index (χ0n) is 11.5. The van der Waals surface area contributed by atoms with Gasteiger partial charge in [-0.3, -0.25) is 4.79 Å². The first-order valence-electron chi connectivity index (χ1n) is 6.93. The summed E-state index contributed by atoms with van der Waals surface area (Å²) in [4.78, 5) is 11.7. The van der Waals surface area contributed by atoms with Crippen LogP contribution in [0.1, 0.15) is 24.0 Å². The van der Waals surface area contributed by atoms with E-state index in [1.807, 2.05) is 24.3 Å². The molecule has 1 heterocycles. The predicted octanol–water partition coefficient (Wildman–Crippen LogP) is 3.52. The Labute approximate surface area is 119 Å². The van der Waals surface area contributed by atoms with Crippen molar-refractivity contribution in [1.29, 1.82) is 0 Å². The summed E-state index contributed by atoms with van der Waals surface area (Å²) in [6, 6.07) is 6.25. The highest BCUT2D eigenvalue weighted by Gasteiger charge is 2.48. The summed E-state index contributed by atoms with van der Waals surface area (Å²) in [5.74, 6) is 1.03. The minimum absolute atomic E-state index is 0.105. The zero-order chi connectivity index (χ0) is 14.2. The third kappa shape index (κ3) is 1.83. The van der Waals surface area contributed by atoms with Gasteiger partial charge < -0.3 is 4.74 Å². The Hall–Kier alpha value is -2.09. The summed E-state index contributed by atoms with van der Waals surface area (Å²) < 4.78 is 6.02. The van der Waals surface area contributed by atoms with Crippen molar-refractivity contribution >= 4 is 5.78 Å². The van der Waals surface area contributed by atoms with E-state index < -0.39 is 0 Å². The second-order valence-corrected chi connectivity index (χ2v) is 5.47. The first kappa shape index (κ1) is 12.9. The fourth-order valence-corrected chi connectivity index (χ4v) is 3.23. The Kier molecular flexibility index (Phi) is 3.09. The molecule has 0 saturated carbocycles. The van der Waals surface area contributed by atoms with Crippen LogP contribution in [0, 0.1) is 0 Å². The molecule has 1 aromatic rings. The third-order valence-electron chi connectivity index (χ3n) is 4.20. The third-order valence-corrected chi connectivity index (χ3v) is 4.20. The second-order valence-electron chi connectivity index (χ2n) is 5.47. The SMILES string of the molecule is C=CCc1ccc2c(c1)[C@@]1(CC=C)C=CC(=O)C[C@H]1O2. The number of ether oxygens (including phenoxy) is 1. The molecule has 0 amide bonds. The smallest absolute Gasteiger partial charge is 0.159 e. The lowest BCUT2D eigenvalue weighted by Gasteiger charge is -2.32. The van der Waals surface area contributed by atoms with Gasteiger partial charge in [0.25, 0.3) is 0 Å². The van der Waals surface area contributed by atoms with Crippen molar-refractivity contribution < 1.29 is 9.53 Å². The molecule has 0 spiro atoms. The number of benzene rings is 1. The molecule has 0 aromatic heterocycles.